The number of esters is 1. The highest BCUT2D eigenvalue weighted by Gasteiger charge is 2.19. The number of hydrogen-bond acceptors (Lipinski definition) is 5. The molecule has 134 valence electrons. The Balaban J connectivity index is 1.80. The molecule has 0 saturated carbocycles. The molecule has 0 unspecified atom stereocenters. The summed E-state index contributed by atoms with van der Waals surface area (Å²) >= 11 is 0. The minimum atomic E-state index is -0.900. The number of nitrogens with one attached hydrogen (secondary N) is 1. The second kappa shape index (κ2) is 9.52. The van der Waals surface area contributed by atoms with Gasteiger partial charge in [-0.1, -0.05) is 13.3 Å². The van der Waals surface area contributed by atoms with Gasteiger partial charge in [-0.2, -0.15) is 0 Å². The highest BCUT2D eigenvalue weighted by molar-refractivity contribution is 5.92. The molecular weight excluding hydrogens is 322 g/mol. The molecule has 1 atom stereocenters. The molecular formula is C19H23NO5. The van der Waals surface area contributed by atoms with Gasteiger partial charge in [-0.25, -0.2) is 4.79 Å². The number of rotatable bonds is 9. The highest BCUT2D eigenvalue weighted by Crippen LogP contribution is 2.14. The fourth-order valence-corrected chi connectivity index (χ4v) is 2.03. The molecule has 0 saturated heterocycles. The van der Waals surface area contributed by atoms with Crippen LogP contribution < -0.4 is 10.1 Å². The van der Waals surface area contributed by atoms with Crippen LogP contribution in [0.2, 0.25) is 0 Å². The van der Waals surface area contributed by atoms with Gasteiger partial charge in [0.25, 0.3) is 5.91 Å². The summed E-state index contributed by atoms with van der Waals surface area (Å²) in [6.45, 7) is 4.51. The molecule has 1 aromatic carbocycles. The number of benzene rings is 1. The fraction of sp³-hybridized carbons (Fsp3) is 0.368. The first kappa shape index (κ1) is 18.6. The molecule has 0 aliphatic rings. The summed E-state index contributed by atoms with van der Waals surface area (Å²) < 4.78 is 15.9. The number of furan rings is 1. The van der Waals surface area contributed by atoms with Crippen LogP contribution in [0.5, 0.6) is 5.75 Å². The summed E-state index contributed by atoms with van der Waals surface area (Å²) in [6, 6.07) is 10.2. The molecule has 0 spiro atoms. The second-order valence-electron chi connectivity index (χ2n) is 5.57. The van der Waals surface area contributed by atoms with E-state index in [1.807, 2.05) is 0 Å². The Labute approximate surface area is 147 Å². The van der Waals surface area contributed by atoms with Crippen LogP contribution in [0.1, 0.15) is 42.8 Å². The zero-order chi connectivity index (χ0) is 18.1. The van der Waals surface area contributed by atoms with Crippen molar-refractivity contribution in [3.63, 3.8) is 0 Å². The van der Waals surface area contributed by atoms with E-state index < -0.39 is 12.1 Å². The summed E-state index contributed by atoms with van der Waals surface area (Å²) in [7, 11) is 0. The minimum Gasteiger partial charge on any atom is -0.494 e. The van der Waals surface area contributed by atoms with Crippen LogP contribution in [-0.4, -0.2) is 24.6 Å². The van der Waals surface area contributed by atoms with Gasteiger partial charge < -0.3 is 19.2 Å². The van der Waals surface area contributed by atoms with Crippen molar-refractivity contribution in [3.05, 3.63) is 54.0 Å². The van der Waals surface area contributed by atoms with Gasteiger partial charge in [-0.05, 0) is 49.7 Å². The topological polar surface area (TPSA) is 77.8 Å². The third-order valence-electron chi connectivity index (χ3n) is 3.53. The number of hydrogen-bond donors (Lipinski definition) is 1. The van der Waals surface area contributed by atoms with Crippen LogP contribution in [0.4, 0.5) is 0 Å². The van der Waals surface area contributed by atoms with E-state index >= 15 is 0 Å². The average Bonchev–Trinajstić information content (AvgIpc) is 3.14. The predicted octanol–water partition coefficient (Wildman–Crippen LogP) is 3.32. The molecule has 6 nitrogen and oxygen atoms in total. The Hall–Kier alpha value is -2.76. The van der Waals surface area contributed by atoms with E-state index in [1.54, 1.807) is 36.4 Å². The maximum atomic E-state index is 12.1. The van der Waals surface area contributed by atoms with E-state index in [0.29, 0.717) is 23.7 Å². The first-order valence-corrected chi connectivity index (χ1v) is 8.34. The standard InChI is InChI=1S/C19H23NO5/c1-3-4-11-23-16-9-7-15(8-10-16)19(22)25-14(2)18(21)20-13-17-6-5-12-24-17/h5-10,12,14H,3-4,11,13H2,1-2H3,(H,20,21)/t14-/m0/s1. The van der Waals surface area contributed by atoms with Crippen molar-refractivity contribution in [2.45, 2.75) is 39.3 Å². The molecule has 0 radical (unpaired) electrons. The summed E-state index contributed by atoms with van der Waals surface area (Å²) in [5.41, 5.74) is 0.369. The lowest BCUT2D eigenvalue weighted by molar-refractivity contribution is -0.129. The van der Waals surface area contributed by atoms with Crippen molar-refractivity contribution in [2.24, 2.45) is 0 Å². The fourth-order valence-electron chi connectivity index (χ4n) is 2.03. The van der Waals surface area contributed by atoms with Crippen LogP contribution in [-0.2, 0) is 16.1 Å². The Morgan fingerprint density at radius 2 is 1.96 bits per heavy atom. The summed E-state index contributed by atoms with van der Waals surface area (Å²) in [5.74, 6) is 0.393. The Bertz CT molecular complexity index is 664. The number of ether oxygens (including phenoxy) is 2. The number of unbranched alkanes of at least 4 members (excludes halogenated alkanes) is 1. The van der Waals surface area contributed by atoms with E-state index in [9.17, 15) is 9.59 Å². The van der Waals surface area contributed by atoms with E-state index in [4.69, 9.17) is 13.9 Å². The zero-order valence-corrected chi connectivity index (χ0v) is 14.5. The molecule has 0 bridgehead atoms. The van der Waals surface area contributed by atoms with Crippen molar-refractivity contribution in [1.82, 2.24) is 5.32 Å². The van der Waals surface area contributed by atoms with Gasteiger partial charge in [0, 0.05) is 0 Å². The number of carbonyl (C=O) groups is 2. The largest absolute Gasteiger partial charge is 0.494 e. The smallest absolute Gasteiger partial charge is 0.338 e. The van der Waals surface area contributed by atoms with E-state index in [2.05, 4.69) is 12.2 Å². The Kier molecular flexibility index (Phi) is 7.07. The lowest BCUT2D eigenvalue weighted by Crippen LogP contribution is -2.35. The third kappa shape index (κ3) is 5.99. The lowest BCUT2D eigenvalue weighted by atomic mass is 10.2. The molecule has 0 fully saturated rings. The molecule has 1 heterocycles. The van der Waals surface area contributed by atoms with Gasteiger partial charge in [-0.15, -0.1) is 0 Å². The first-order valence-electron chi connectivity index (χ1n) is 8.34. The van der Waals surface area contributed by atoms with Crippen LogP contribution in [0.15, 0.2) is 47.1 Å². The normalized spacial score (nSPS) is 11.6. The minimum absolute atomic E-state index is 0.248. The number of carbonyl (C=O) groups excluding carboxylic acids is 2. The Morgan fingerprint density at radius 3 is 2.60 bits per heavy atom. The van der Waals surface area contributed by atoms with Gasteiger partial charge in [0.2, 0.25) is 0 Å². The number of amides is 1. The van der Waals surface area contributed by atoms with Crippen LogP contribution >= 0.6 is 0 Å². The summed E-state index contributed by atoms with van der Waals surface area (Å²) in [6.07, 6.45) is 2.67. The quantitative estimate of drug-likeness (QED) is 0.557. The Morgan fingerprint density at radius 1 is 1.20 bits per heavy atom. The molecule has 1 N–H and O–H groups in total. The molecule has 6 heteroatoms. The van der Waals surface area contributed by atoms with Crippen molar-refractivity contribution >= 4 is 11.9 Å². The second-order valence-corrected chi connectivity index (χ2v) is 5.57. The SMILES string of the molecule is CCCCOc1ccc(C(=O)O[C@@H](C)C(=O)NCc2ccco2)cc1. The monoisotopic (exact) mass is 345 g/mol. The van der Waals surface area contributed by atoms with Gasteiger partial charge in [0.1, 0.15) is 11.5 Å². The third-order valence-corrected chi connectivity index (χ3v) is 3.53. The van der Waals surface area contributed by atoms with Gasteiger partial charge in [-0.3, -0.25) is 4.79 Å². The van der Waals surface area contributed by atoms with Crippen molar-refractivity contribution < 1.29 is 23.5 Å². The van der Waals surface area contributed by atoms with Crippen molar-refractivity contribution in [1.29, 1.82) is 0 Å². The van der Waals surface area contributed by atoms with Gasteiger partial charge in [0.05, 0.1) is 25.0 Å². The molecule has 1 aromatic heterocycles. The van der Waals surface area contributed by atoms with E-state index in [-0.39, 0.29) is 12.5 Å². The van der Waals surface area contributed by atoms with Gasteiger partial charge >= 0.3 is 5.97 Å². The predicted molar refractivity (Wildman–Crippen MR) is 92.3 cm³/mol. The van der Waals surface area contributed by atoms with Crippen LogP contribution in [0.25, 0.3) is 0 Å². The maximum absolute atomic E-state index is 12.1. The first-order chi connectivity index (χ1) is 12.1. The van der Waals surface area contributed by atoms with Crippen molar-refractivity contribution in [2.75, 3.05) is 6.61 Å². The molecule has 1 amide bonds. The van der Waals surface area contributed by atoms with Crippen LogP contribution in [0, 0.1) is 0 Å². The van der Waals surface area contributed by atoms with Gasteiger partial charge in [0.15, 0.2) is 6.10 Å². The molecule has 2 aromatic rings. The maximum Gasteiger partial charge on any atom is 0.338 e. The lowest BCUT2D eigenvalue weighted by Gasteiger charge is -2.13. The van der Waals surface area contributed by atoms with Crippen LogP contribution in [0.3, 0.4) is 0 Å². The molecule has 25 heavy (non-hydrogen) atoms. The molecule has 0 aliphatic heterocycles. The van der Waals surface area contributed by atoms with Crippen molar-refractivity contribution in [3.8, 4) is 5.75 Å². The average molecular weight is 345 g/mol. The zero-order valence-electron chi connectivity index (χ0n) is 14.5. The molecule has 2 rings (SSSR count). The summed E-state index contributed by atoms with van der Waals surface area (Å²) in [5, 5.41) is 2.65. The summed E-state index contributed by atoms with van der Waals surface area (Å²) in [4.78, 5) is 24.1. The van der Waals surface area contributed by atoms with E-state index in [1.165, 1.54) is 13.2 Å². The highest BCUT2D eigenvalue weighted by atomic mass is 16.5. The molecule has 0 aliphatic carbocycles. The van der Waals surface area contributed by atoms with E-state index in [0.717, 1.165) is 12.8 Å².